The molecule has 1 N–H and O–H groups in total. The first-order valence-corrected chi connectivity index (χ1v) is 7.83. The molecule has 1 aromatic rings. The SMILES string of the molecule is CC1(C)Cc2cccc(OCC(=O)N3CCC[C@@H]3C(=O)O)c2O1. The van der Waals surface area contributed by atoms with Crippen LogP contribution < -0.4 is 9.47 Å². The van der Waals surface area contributed by atoms with Crippen molar-refractivity contribution in [1.82, 2.24) is 4.90 Å². The molecule has 0 spiro atoms. The molecule has 1 fully saturated rings. The number of benzene rings is 1. The number of hydrogen-bond acceptors (Lipinski definition) is 4. The summed E-state index contributed by atoms with van der Waals surface area (Å²) < 4.78 is 11.5. The van der Waals surface area contributed by atoms with Gasteiger partial charge in [-0.05, 0) is 32.8 Å². The molecular weight excluding hydrogens is 298 g/mol. The number of fused-ring (bicyclic) bond motifs is 1. The molecule has 0 unspecified atom stereocenters. The molecule has 0 radical (unpaired) electrons. The van der Waals surface area contributed by atoms with Gasteiger partial charge in [0.05, 0.1) is 0 Å². The number of rotatable bonds is 4. The van der Waals surface area contributed by atoms with Gasteiger partial charge in [-0.15, -0.1) is 0 Å². The van der Waals surface area contributed by atoms with Crippen molar-refractivity contribution in [3.8, 4) is 11.5 Å². The Morgan fingerprint density at radius 2 is 2.22 bits per heavy atom. The number of carbonyl (C=O) groups excluding carboxylic acids is 1. The predicted molar refractivity (Wildman–Crippen MR) is 82.7 cm³/mol. The van der Waals surface area contributed by atoms with Crippen LogP contribution in [0.3, 0.4) is 0 Å². The summed E-state index contributed by atoms with van der Waals surface area (Å²) in [6.07, 6.45) is 2.00. The standard InChI is InChI=1S/C17H21NO5/c1-17(2)9-11-5-3-7-13(15(11)23-17)22-10-14(19)18-8-4-6-12(18)16(20)21/h3,5,7,12H,4,6,8-10H2,1-2H3,(H,20,21)/t12-/m1/s1. The van der Waals surface area contributed by atoms with Crippen molar-refractivity contribution >= 4 is 11.9 Å². The lowest BCUT2D eigenvalue weighted by atomic mass is 10.0. The van der Waals surface area contributed by atoms with Gasteiger partial charge in [0.1, 0.15) is 11.6 Å². The molecule has 0 aromatic heterocycles. The Hall–Kier alpha value is -2.24. The van der Waals surface area contributed by atoms with Crippen LogP contribution >= 0.6 is 0 Å². The average molecular weight is 319 g/mol. The van der Waals surface area contributed by atoms with Crippen LogP contribution in [0.1, 0.15) is 32.3 Å². The first kappa shape index (κ1) is 15.6. The molecule has 6 heteroatoms. The molecule has 124 valence electrons. The fourth-order valence-electron chi connectivity index (χ4n) is 3.25. The lowest BCUT2D eigenvalue weighted by Gasteiger charge is -2.22. The number of amides is 1. The van der Waals surface area contributed by atoms with E-state index in [1.165, 1.54) is 4.90 Å². The van der Waals surface area contributed by atoms with E-state index in [0.717, 1.165) is 12.0 Å². The Labute approximate surface area is 135 Å². The first-order valence-electron chi connectivity index (χ1n) is 7.83. The van der Waals surface area contributed by atoms with Gasteiger partial charge in [0.15, 0.2) is 18.1 Å². The Morgan fingerprint density at radius 1 is 1.43 bits per heavy atom. The zero-order valence-electron chi connectivity index (χ0n) is 13.4. The summed E-state index contributed by atoms with van der Waals surface area (Å²) in [5.74, 6) is -0.0414. The average Bonchev–Trinajstić information content (AvgIpc) is 3.07. The maximum Gasteiger partial charge on any atom is 0.326 e. The Kier molecular flexibility index (Phi) is 3.92. The number of nitrogens with zero attached hydrogens (tertiary/aromatic N) is 1. The third-order valence-electron chi connectivity index (χ3n) is 4.26. The van der Waals surface area contributed by atoms with Crippen molar-refractivity contribution in [2.75, 3.05) is 13.2 Å². The second-order valence-electron chi connectivity index (χ2n) is 6.66. The lowest BCUT2D eigenvalue weighted by Crippen LogP contribution is -2.42. The zero-order chi connectivity index (χ0) is 16.6. The molecule has 3 rings (SSSR count). The van der Waals surface area contributed by atoms with Gasteiger partial charge in [-0.1, -0.05) is 12.1 Å². The van der Waals surface area contributed by atoms with E-state index >= 15 is 0 Å². The van der Waals surface area contributed by atoms with Crippen LogP contribution in [0.5, 0.6) is 11.5 Å². The topological polar surface area (TPSA) is 76.1 Å². The van der Waals surface area contributed by atoms with Crippen LogP contribution in [0, 0.1) is 0 Å². The quantitative estimate of drug-likeness (QED) is 0.916. The first-order chi connectivity index (χ1) is 10.9. The molecule has 2 aliphatic rings. The molecular formula is C17H21NO5. The van der Waals surface area contributed by atoms with Crippen LogP contribution in [0.2, 0.25) is 0 Å². The Morgan fingerprint density at radius 3 is 2.96 bits per heavy atom. The molecule has 1 saturated heterocycles. The van der Waals surface area contributed by atoms with Gasteiger partial charge in [0, 0.05) is 18.5 Å². The van der Waals surface area contributed by atoms with Gasteiger partial charge >= 0.3 is 5.97 Å². The lowest BCUT2D eigenvalue weighted by molar-refractivity contribution is -0.149. The minimum atomic E-state index is -0.957. The maximum atomic E-state index is 12.3. The molecule has 1 aromatic carbocycles. The van der Waals surface area contributed by atoms with Crippen LogP contribution in [-0.4, -0.2) is 46.7 Å². The van der Waals surface area contributed by atoms with Crippen molar-refractivity contribution in [3.63, 3.8) is 0 Å². The van der Waals surface area contributed by atoms with Crippen molar-refractivity contribution < 1.29 is 24.2 Å². The number of aliphatic carboxylic acids is 1. The van der Waals surface area contributed by atoms with E-state index in [1.807, 2.05) is 26.0 Å². The van der Waals surface area contributed by atoms with Gasteiger partial charge in [-0.25, -0.2) is 4.79 Å². The summed E-state index contributed by atoms with van der Waals surface area (Å²) in [6.45, 7) is 4.30. The van der Waals surface area contributed by atoms with Crippen molar-refractivity contribution in [3.05, 3.63) is 23.8 Å². The summed E-state index contributed by atoms with van der Waals surface area (Å²) in [5.41, 5.74) is 0.777. The maximum absolute atomic E-state index is 12.3. The third-order valence-corrected chi connectivity index (χ3v) is 4.26. The van der Waals surface area contributed by atoms with Gasteiger partial charge in [-0.2, -0.15) is 0 Å². The monoisotopic (exact) mass is 319 g/mol. The molecule has 23 heavy (non-hydrogen) atoms. The second kappa shape index (κ2) is 5.76. The van der Waals surface area contributed by atoms with E-state index in [2.05, 4.69) is 0 Å². The van der Waals surface area contributed by atoms with Gasteiger partial charge < -0.3 is 19.5 Å². The molecule has 0 saturated carbocycles. The van der Waals surface area contributed by atoms with Gasteiger partial charge in [0.2, 0.25) is 0 Å². The minimum absolute atomic E-state index is 0.177. The highest BCUT2D eigenvalue weighted by atomic mass is 16.5. The molecule has 2 heterocycles. The van der Waals surface area contributed by atoms with Crippen molar-refractivity contribution in [1.29, 1.82) is 0 Å². The smallest absolute Gasteiger partial charge is 0.326 e. The minimum Gasteiger partial charge on any atom is -0.483 e. The number of para-hydroxylation sites is 1. The van der Waals surface area contributed by atoms with Crippen LogP contribution in [0.15, 0.2) is 18.2 Å². The zero-order valence-corrected chi connectivity index (χ0v) is 13.4. The number of carbonyl (C=O) groups is 2. The molecule has 0 aliphatic carbocycles. The van der Waals surface area contributed by atoms with E-state index in [0.29, 0.717) is 30.9 Å². The molecule has 1 amide bonds. The number of ether oxygens (including phenoxy) is 2. The predicted octanol–water partition coefficient (Wildman–Crippen LogP) is 1.85. The van der Waals surface area contributed by atoms with E-state index in [1.54, 1.807) is 6.07 Å². The summed E-state index contributed by atoms with van der Waals surface area (Å²) in [4.78, 5) is 24.8. The molecule has 6 nitrogen and oxygen atoms in total. The number of carboxylic acids is 1. The Balaban J connectivity index is 1.67. The molecule has 0 bridgehead atoms. The van der Waals surface area contributed by atoms with E-state index in [-0.39, 0.29) is 18.1 Å². The fraction of sp³-hybridized carbons (Fsp3) is 0.529. The molecule has 1 atom stereocenters. The second-order valence-corrected chi connectivity index (χ2v) is 6.66. The number of hydrogen-bond donors (Lipinski definition) is 1. The van der Waals surface area contributed by atoms with Crippen LogP contribution in [0.4, 0.5) is 0 Å². The highest BCUT2D eigenvalue weighted by molar-refractivity contribution is 5.85. The van der Waals surface area contributed by atoms with E-state index in [9.17, 15) is 9.59 Å². The van der Waals surface area contributed by atoms with E-state index < -0.39 is 12.0 Å². The number of likely N-dealkylation sites (tertiary alicyclic amines) is 1. The summed E-state index contributed by atoms with van der Waals surface area (Å²) in [5, 5.41) is 9.15. The summed E-state index contributed by atoms with van der Waals surface area (Å²) in [6, 6.07) is 4.90. The number of carboxylic acid groups (broad SMARTS) is 1. The normalized spacial score (nSPS) is 21.7. The highest BCUT2D eigenvalue weighted by Crippen LogP contribution is 2.41. The molecule has 2 aliphatic heterocycles. The fourth-order valence-corrected chi connectivity index (χ4v) is 3.25. The van der Waals surface area contributed by atoms with Gasteiger partial charge in [-0.3, -0.25) is 4.79 Å². The van der Waals surface area contributed by atoms with Crippen LogP contribution in [0.25, 0.3) is 0 Å². The summed E-state index contributed by atoms with van der Waals surface area (Å²) in [7, 11) is 0. The van der Waals surface area contributed by atoms with Gasteiger partial charge in [0.25, 0.3) is 5.91 Å². The summed E-state index contributed by atoms with van der Waals surface area (Å²) >= 11 is 0. The van der Waals surface area contributed by atoms with E-state index in [4.69, 9.17) is 14.6 Å². The Bertz CT molecular complexity index is 640. The van der Waals surface area contributed by atoms with Crippen LogP contribution in [-0.2, 0) is 16.0 Å². The van der Waals surface area contributed by atoms with Crippen molar-refractivity contribution in [2.45, 2.75) is 44.8 Å². The third kappa shape index (κ3) is 3.11. The largest absolute Gasteiger partial charge is 0.483 e. The highest BCUT2D eigenvalue weighted by Gasteiger charge is 2.35. The van der Waals surface area contributed by atoms with Crippen molar-refractivity contribution in [2.24, 2.45) is 0 Å².